The molecule has 0 unspecified atom stereocenters. The van der Waals surface area contributed by atoms with Crippen LogP contribution in [0.2, 0.25) is 0 Å². The average molecular weight is 299 g/mol. The first-order valence-electron chi connectivity index (χ1n) is 6.01. The molecule has 106 valence electrons. The molecule has 1 aromatic carbocycles. The smallest absolute Gasteiger partial charge is 0.325 e. The summed E-state index contributed by atoms with van der Waals surface area (Å²) in [5, 5.41) is 0. The van der Waals surface area contributed by atoms with Gasteiger partial charge in [0.25, 0.3) is 5.91 Å². The molecule has 1 saturated carbocycles. The Labute approximate surface area is 119 Å². The molecule has 1 aliphatic rings. The Kier molecular flexibility index (Phi) is 4.29. The predicted molar refractivity (Wildman–Crippen MR) is 71.2 cm³/mol. The molecule has 20 heavy (non-hydrogen) atoms. The van der Waals surface area contributed by atoms with E-state index in [2.05, 4.69) is 5.92 Å². The Hall–Kier alpha value is -1.61. The first-order valence-corrected chi connectivity index (χ1v) is 6.82. The molecule has 0 heterocycles. The Balaban J connectivity index is 2.17. The normalized spacial score (nSPS) is 14.7. The van der Waals surface area contributed by atoms with Gasteiger partial charge in [-0.05, 0) is 42.8 Å². The summed E-state index contributed by atoms with van der Waals surface area (Å²) in [6.07, 6.45) is 7.01. The number of thioether (sulfide) groups is 1. The Morgan fingerprint density at radius 2 is 2.15 bits per heavy atom. The predicted octanol–water partition coefficient (Wildman–Crippen LogP) is 3.54. The second-order valence-electron chi connectivity index (χ2n) is 4.44. The number of carbonyl (C=O) groups excluding carboxylic acids is 1. The topological polar surface area (TPSA) is 20.3 Å². The molecular weight excluding hydrogens is 287 g/mol. The molecule has 2 rings (SSSR count). The molecule has 6 heteroatoms. The summed E-state index contributed by atoms with van der Waals surface area (Å²) in [5.74, 6) is 2.10. The zero-order valence-electron chi connectivity index (χ0n) is 10.5. The van der Waals surface area contributed by atoms with Gasteiger partial charge in [0.15, 0.2) is 0 Å². The van der Waals surface area contributed by atoms with Gasteiger partial charge in [-0.1, -0.05) is 12.0 Å². The number of rotatable bonds is 4. The largest absolute Gasteiger partial charge is 0.446 e. The van der Waals surface area contributed by atoms with Gasteiger partial charge in [0.2, 0.25) is 0 Å². The van der Waals surface area contributed by atoms with Crippen molar-refractivity contribution >= 4 is 17.7 Å². The summed E-state index contributed by atoms with van der Waals surface area (Å²) >= 11 is -0.230. The van der Waals surface area contributed by atoms with Crippen LogP contribution in [-0.4, -0.2) is 28.9 Å². The SMILES string of the molecule is C#CCN(C(=O)c1cccc(SC(F)(F)F)c1)C1CC1. The number of hydrogen-bond acceptors (Lipinski definition) is 2. The lowest BCUT2D eigenvalue weighted by atomic mass is 10.2. The number of halogens is 3. The molecule has 1 fully saturated rings. The minimum atomic E-state index is -4.36. The van der Waals surface area contributed by atoms with Gasteiger partial charge in [0, 0.05) is 16.5 Å². The van der Waals surface area contributed by atoms with Crippen molar-refractivity contribution in [2.75, 3.05) is 6.54 Å². The highest BCUT2D eigenvalue weighted by Crippen LogP contribution is 2.37. The molecule has 1 aromatic rings. The fourth-order valence-electron chi connectivity index (χ4n) is 1.84. The zero-order valence-corrected chi connectivity index (χ0v) is 11.3. The third kappa shape index (κ3) is 3.94. The highest BCUT2D eigenvalue weighted by atomic mass is 32.2. The molecule has 0 N–H and O–H groups in total. The van der Waals surface area contributed by atoms with Crippen molar-refractivity contribution in [3.05, 3.63) is 29.8 Å². The van der Waals surface area contributed by atoms with Gasteiger partial charge in [-0.15, -0.1) is 6.42 Å². The second-order valence-corrected chi connectivity index (χ2v) is 5.58. The molecule has 0 aliphatic heterocycles. The van der Waals surface area contributed by atoms with Gasteiger partial charge in [0.1, 0.15) is 0 Å². The quantitative estimate of drug-likeness (QED) is 0.626. The lowest BCUT2D eigenvalue weighted by molar-refractivity contribution is -0.0328. The molecule has 1 aliphatic carbocycles. The maximum absolute atomic E-state index is 12.3. The number of terminal acetylenes is 1. The third-order valence-electron chi connectivity index (χ3n) is 2.82. The number of benzene rings is 1. The average Bonchev–Trinajstić information content (AvgIpc) is 3.17. The number of hydrogen-bond donors (Lipinski definition) is 0. The van der Waals surface area contributed by atoms with Crippen LogP contribution in [0.5, 0.6) is 0 Å². The van der Waals surface area contributed by atoms with Crippen molar-refractivity contribution in [3.63, 3.8) is 0 Å². The van der Waals surface area contributed by atoms with Crippen LogP contribution in [0.4, 0.5) is 13.2 Å². The number of alkyl halides is 3. The van der Waals surface area contributed by atoms with E-state index in [0.717, 1.165) is 12.8 Å². The molecule has 1 amide bonds. The lowest BCUT2D eigenvalue weighted by Gasteiger charge is -2.20. The van der Waals surface area contributed by atoms with Crippen LogP contribution < -0.4 is 0 Å². The Bertz CT molecular complexity index is 546. The first-order chi connectivity index (χ1) is 9.40. The summed E-state index contributed by atoms with van der Waals surface area (Å²) in [6.45, 7) is 0.181. The van der Waals surface area contributed by atoms with Gasteiger partial charge in [-0.25, -0.2) is 0 Å². The van der Waals surface area contributed by atoms with Gasteiger partial charge in [-0.3, -0.25) is 4.79 Å². The van der Waals surface area contributed by atoms with E-state index in [-0.39, 0.29) is 40.7 Å². The Morgan fingerprint density at radius 3 is 2.70 bits per heavy atom. The molecule has 0 spiro atoms. The highest BCUT2D eigenvalue weighted by molar-refractivity contribution is 8.00. The number of nitrogens with zero attached hydrogens (tertiary/aromatic N) is 1. The van der Waals surface area contributed by atoms with Crippen molar-refractivity contribution in [1.82, 2.24) is 4.90 Å². The zero-order chi connectivity index (χ0) is 14.8. The summed E-state index contributed by atoms with van der Waals surface area (Å²) < 4.78 is 37.0. The monoisotopic (exact) mass is 299 g/mol. The molecule has 2 nitrogen and oxygen atoms in total. The summed E-state index contributed by atoms with van der Waals surface area (Å²) in [6, 6.07) is 5.67. The minimum Gasteiger partial charge on any atom is -0.325 e. The van der Waals surface area contributed by atoms with Crippen LogP contribution in [0.3, 0.4) is 0 Å². The van der Waals surface area contributed by atoms with E-state index in [9.17, 15) is 18.0 Å². The van der Waals surface area contributed by atoms with Gasteiger partial charge in [-0.2, -0.15) is 13.2 Å². The molecule has 0 aromatic heterocycles. The van der Waals surface area contributed by atoms with E-state index in [0.29, 0.717) is 0 Å². The van der Waals surface area contributed by atoms with Gasteiger partial charge < -0.3 is 4.90 Å². The van der Waals surface area contributed by atoms with Gasteiger partial charge >= 0.3 is 5.51 Å². The summed E-state index contributed by atoms with van der Waals surface area (Å²) in [7, 11) is 0. The van der Waals surface area contributed by atoms with Crippen molar-refractivity contribution in [2.24, 2.45) is 0 Å². The van der Waals surface area contributed by atoms with Crippen LogP contribution in [0, 0.1) is 12.3 Å². The van der Waals surface area contributed by atoms with E-state index < -0.39 is 5.51 Å². The number of carbonyl (C=O) groups is 1. The van der Waals surface area contributed by atoms with Crippen LogP contribution >= 0.6 is 11.8 Å². The lowest BCUT2D eigenvalue weighted by Crippen LogP contribution is -2.33. The maximum atomic E-state index is 12.3. The minimum absolute atomic E-state index is 0.000181. The number of amides is 1. The van der Waals surface area contributed by atoms with E-state index in [1.54, 1.807) is 0 Å². The van der Waals surface area contributed by atoms with Crippen LogP contribution in [0.15, 0.2) is 29.2 Å². The second kappa shape index (κ2) is 5.80. The summed E-state index contributed by atoms with van der Waals surface area (Å²) in [5.41, 5.74) is -4.13. The molecule has 0 saturated heterocycles. The summed E-state index contributed by atoms with van der Waals surface area (Å²) in [4.78, 5) is 13.8. The van der Waals surface area contributed by atoms with E-state index in [1.165, 1.54) is 29.2 Å². The van der Waals surface area contributed by atoms with Gasteiger partial charge in [0.05, 0.1) is 6.54 Å². The standard InChI is InChI=1S/C14H12F3NOS/c1-2-8-18(11-6-7-11)13(19)10-4-3-5-12(9-10)20-14(15,16)17/h1,3-5,9,11H,6-8H2. The van der Waals surface area contributed by atoms with E-state index in [4.69, 9.17) is 6.42 Å². The highest BCUT2D eigenvalue weighted by Gasteiger charge is 2.33. The fraction of sp³-hybridized carbons (Fsp3) is 0.357. The van der Waals surface area contributed by atoms with Crippen molar-refractivity contribution in [1.29, 1.82) is 0 Å². The fourth-order valence-corrected chi connectivity index (χ4v) is 2.44. The van der Waals surface area contributed by atoms with Crippen LogP contribution in [-0.2, 0) is 0 Å². The maximum Gasteiger partial charge on any atom is 0.446 e. The van der Waals surface area contributed by atoms with Crippen molar-refractivity contribution in [2.45, 2.75) is 29.3 Å². The van der Waals surface area contributed by atoms with E-state index >= 15 is 0 Å². The van der Waals surface area contributed by atoms with Crippen molar-refractivity contribution in [3.8, 4) is 12.3 Å². The van der Waals surface area contributed by atoms with Crippen LogP contribution in [0.25, 0.3) is 0 Å². The van der Waals surface area contributed by atoms with Crippen LogP contribution in [0.1, 0.15) is 23.2 Å². The molecule has 0 radical (unpaired) electrons. The Morgan fingerprint density at radius 1 is 1.45 bits per heavy atom. The third-order valence-corrected chi connectivity index (χ3v) is 3.55. The molecule has 0 bridgehead atoms. The van der Waals surface area contributed by atoms with E-state index in [1.807, 2.05) is 0 Å². The molecule has 0 atom stereocenters. The molecular formula is C14H12F3NOS. The van der Waals surface area contributed by atoms with Crippen molar-refractivity contribution < 1.29 is 18.0 Å². The first kappa shape index (κ1) is 14.8.